The van der Waals surface area contributed by atoms with Gasteiger partial charge in [0.2, 0.25) is 5.91 Å². The lowest BCUT2D eigenvalue weighted by Gasteiger charge is -2.30. The van der Waals surface area contributed by atoms with Crippen molar-refractivity contribution in [3.05, 3.63) is 29.8 Å². The van der Waals surface area contributed by atoms with Crippen LogP contribution in [0.15, 0.2) is 24.3 Å². The Morgan fingerprint density at radius 1 is 1.15 bits per heavy atom. The molecule has 0 aliphatic carbocycles. The molecule has 1 fully saturated rings. The van der Waals surface area contributed by atoms with Crippen molar-refractivity contribution in [2.75, 3.05) is 31.6 Å². The Kier molecular flexibility index (Phi) is 7.79. The minimum Gasteiger partial charge on any atom is -0.466 e. The maximum Gasteiger partial charge on any atom is 0.309 e. The number of nitrogens with zero attached hydrogens (tertiary/aromatic N) is 1. The number of hydrogen-bond donors (Lipinski definition) is 2. The number of anilines is 1. The highest BCUT2D eigenvalue weighted by Crippen LogP contribution is 2.18. The topological polar surface area (TPSA) is 87.7 Å². The van der Waals surface area contributed by atoms with Gasteiger partial charge in [0.15, 0.2) is 0 Å². The Hall–Kier alpha value is -2.41. The molecule has 7 nitrogen and oxygen atoms in total. The monoisotopic (exact) mass is 375 g/mol. The van der Waals surface area contributed by atoms with Crippen LogP contribution in [-0.2, 0) is 14.3 Å². The second-order valence-corrected chi connectivity index (χ2v) is 7.06. The van der Waals surface area contributed by atoms with E-state index in [1.165, 1.54) is 0 Å². The molecule has 148 valence electrons. The fourth-order valence-corrected chi connectivity index (χ4v) is 3.04. The zero-order chi connectivity index (χ0) is 19.8. The van der Waals surface area contributed by atoms with Crippen molar-refractivity contribution in [1.82, 2.24) is 10.2 Å². The number of esters is 1. The van der Waals surface area contributed by atoms with Gasteiger partial charge in [0, 0.05) is 17.3 Å². The summed E-state index contributed by atoms with van der Waals surface area (Å²) in [5.41, 5.74) is 1.21. The van der Waals surface area contributed by atoms with E-state index in [4.69, 9.17) is 4.74 Å². The first-order valence-corrected chi connectivity index (χ1v) is 9.48. The molecule has 1 aromatic rings. The number of ether oxygens (including phenoxy) is 1. The average Bonchev–Trinajstić information content (AvgIpc) is 2.62. The summed E-state index contributed by atoms with van der Waals surface area (Å²) < 4.78 is 5.06. The van der Waals surface area contributed by atoms with Gasteiger partial charge in [0.05, 0.1) is 19.1 Å². The Morgan fingerprint density at radius 2 is 1.78 bits per heavy atom. The summed E-state index contributed by atoms with van der Waals surface area (Å²) in [4.78, 5) is 38.0. The van der Waals surface area contributed by atoms with E-state index >= 15 is 0 Å². The number of amides is 2. The normalized spacial score (nSPS) is 15.4. The molecular weight excluding hydrogens is 346 g/mol. The van der Waals surface area contributed by atoms with Crippen LogP contribution in [0.3, 0.4) is 0 Å². The maximum absolute atomic E-state index is 12.2. The molecule has 2 N–H and O–H groups in total. The molecule has 0 spiro atoms. The fraction of sp³-hybridized carbons (Fsp3) is 0.550. The van der Waals surface area contributed by atoms with E-state index in [0.717, 1.165) is 0 Å². The van der Waals surface area contributed by atoms with Crippen molar-refractivity contribution in [3.63, 3.8) is 0 Å². The third-order valence-electron chi connectivity index (χ3n) is 4.43. The molecule has 0 bridgehead atoms. The lowest BCUT2D eigenvalue weighted by Crippen LogP contribution is -2.41. The van der Waals surface area contributed by atoms with E-state index in [9.17, 15) is 14.4 Å². The molecule has 1 aliphatic heterocycles. The molecule has 0 unspecified atom stereocenters. The van der Waals surface area contributed by atoms with E-state index in [1.807, 2.05) is 18.7 Å². The predicted molar refractivity (Wildman–Crippen MR) is 103 cm³/mol. The van der Waals surface area contributed by atoms with Gasteiger partial charge in [-0.2, -0.15) is 0 Å². The standard InChI is InChI=1S/C20H29N3O4/c1-4-27-20(26)16-9-11-23(12-10-16)13-18(24)22-17-7-5-15(6-8-17)19(25)21-14(2)3/h5-8,14,16H,4,9-13H2,1-3H3,(H,21,25)(H,22,24). The van der Waals surface area contributed by atoms with Gasteiger partial charge in [0.25, 0.3) is 5.91 Å². The summed E-state index contributed by atoms with van der Waals surface area (Å²) in [6.45, 7) is 7.70. The van der Waals surface area contributed by atoms with Crippen LogP contribution < -0.4 is 10.6 Å². The second-order valence-electron chi connectivity index (χ2n) is 7.06. The first-order valence-electron chi connectivity index (χ1n) is 9.48. The Labute approximate surface area is 160 Å². The summed E-state index contributed by atoms with van der Waals surface area (Å²) >= 11 is 0. The van der Waals surface area contributed by atoms with Gasteiger partial charge in [-0.05, 0) is 71.0 Å². The SMILES string of the molecule is CCOC(=O)C1CCN(CC(=O)Nc2ccc(C(=O)NC(C)C)cc2)CC1. The van der Waals surface area contributed by atoms with Gasteiger partial charge in [-0.1, -0.05) is 0 Å². The van der Waals surface area contributed by atoms with Crippen LogP contribution in [0.5, 0.6) is 0 Å². The van der Waals surface area contributed by atoms with E-state index in [1.54, 1.807) is 31.2 Å². The highest BCUT2D eigenvalue weighted by Gasteiger charge is 2.26. The van der Waals surface area contributed by atoms with Gasteiger partial charge < -0.3 is 15.4 Å². The predicted octanol–water partition coefficient (Wildman–Crippen LogP) is 2.04. The Balaban J connectivity index is 1.78. The zero-order valence-electron chi connectivity index (χ0n) is 16.3. The van der Waals surface area contributed by atoms with E-state index < -0.39 is 0 Å². The molecule has 0 atom stereocenters. The summed E-state index contributed by atoms with van der Waals surface area (Å²) in [5, 5.41) is 5.67. The average molecular weight is 375 g/mol. The first-order chi connectivity index (χ1) is 12.9. The van der Waals surface area contributed by atoms with Crippen LogP contribution in [0.1, 0.15) is 44.0 Å². The van der Waals surface area contributed by atoms with Crippen molar-refractivity contribution in [2.45, 2.75) is 39.7 Å². The van der Waals surface area contributed by atoms with Crippen molar-refractivity contribution < 1.29 is 19.1 Å². The minimum atomic E-state index is -0.136. The molecule has 2 rings (SSSR count). The van der Waals surface area contributed by atoms with Crippen LogP contribution in [0.25, 0.3) is 0 Å². The summed E-state index contributed by atoms with van der Waals surface area (Å²) in [7, 11) is 0. The largest absolute Gasteiger partial charge is 0.466 e. The molecule has 0 saturated carbocycles. The van der Waals surface area contributed by atoms with Gasteiger partial charge in [0.1, 0.15) is 0 Å². The van der Waals surface area contributed by atoms with Crippen molar-refractivity contribution >= 4 is 23.5 Å². The molecule has 0 radical (unpaired) electrons. The number of piperidine rings is 1. The molecule has 27 heavy (non-hydrogen) atoms. The van der Waals surface area contributed by atoms with Gasteiger partial charge in [-0.15, -0.1) is 0 Å². The molecule has 7 heteroatoms. The number of nitrogens with one attached hydrogen (secondary N) is 2. The highest BCUT2D eigenvalue weighted by atomic mass is 16.5. The molecular formula is C20H29N3O4. The molecule has 2 amide bonds. The van der Waals surface area contributed by atoms with Crippen molar-refractivity contribution in [3.8, 4) is 0 Å². The lowest BCUT2D eigenvalue weighted by atomic mass is 9.97. The Morgan fingerprint density at radius 3 is 2.33 bits per heavy atom. The zero-order valence-corrected chi connectivity index (χ0v) is 16.3. The summed E-state index contributed by atoms with van der Waals surface area (Å²) in [6, 6.07) is 6.90. The number of hydrogen-bond acceptors (Lipinski definition) is 5. The maximum atomic E-state index is 12.2. The van der Waals surface area contributed by atoms with Gasteiger partial charge in [-0.25, -0.2) is 0 Å². The van der Waals surface area contributed by atoms with Crippen molar-refractivity contribution in [2.24, 2.45) is 5.92 Å². The Bertz CT molecular complexity index is 650. The number of likely N-dealkylation sites (tertiary alicyclic amines) is 1. The molecule has 1 heterocycles. The third kappa shape index (κ3) is 6.67. The third-order valence-corrected chi connectivity index (χ3v) is 4.43. The first kappa shape index (κ1) is 20.9. The molecule has 1 saturated heterocycles. The minimum absolute atomic E-state index is 0.0613. The number of benzene rings is 1. The van der Waals surface area contributed by atoms with Gasteiger partial charge in [-0.3, -0.25) is 19.3 Å². The molecule has 1 aliphatic rings. The van der Waals surface area contributed by atoms with Crippen molar-refractivity contribution in [1.29, 1.82) is 0 Å². The highest BCUT2D eigenvalue weighted by molar-refractivity contribution is 5.96. The van der Waals surface area contributed by atoms with E-state index in [-0.39, 0.29) is 36.3 Å². The fourth-order valence-electron chi connectivity index (χ4n) is 3.04. The molecule has 1 aromatic carbocycles. The van der Waals surface area contributed by atoms with E-state index in [0.29, 0.717) is 43.8 Å². The van der Waals surface area contributed by atoms with Crippen LogP contribution in [0, 0.1) is 5.92 Å². The summed E-state index contributed by atoms with van der Waals surface area (Å²) in [5.74, 6) is -0.437. The quantitative estimate of drug-likeness (QED) is 0.712. The van der Waals surface area contributed by atoms with Crippen LogP contribution in [0.4, 0.5) is 5.69 Å². The van der Waals surface area contributed by atoms with Crippen LogP contribution >= 0.6 is 0 Å². The van der Waals surface area contributed by atoms with Crippen LogP contribution in [0.2, 0.25) is 0 Å². The lowest BCUT2D eigenvalue weighted by molar-refractivity contribution is -0.149. The van der Waals surface area contributed by atoms with E-state index in [2.05, 4.69) is 10.6 Å². The summed E-state index contributed by atoms with van der Waals surface area (Å²) in [6.07, 6.45) is 1.43. The van der Waals surface area contributed by atoms with Gasteiger partial charge >= 0.3 is 5.97 Å². The molecule has 0 aromatic heterocycles. The second kappa shape index (κ2) is 10.1. The number of rotatable bonds is 7. The smallest absolute Gasteiger partial charge is 0.309 e. The number of carbonyl (C=O) groups excluding carboxylic acids is 3. The van der Waals surface area contributed by atoms with Crippen LogP contribution in [-0.4, -0.2) is 55.0 Å². The number of carbonyl (C=O) groups is 3.